The van der Waals surface area contributed by atoms with Gasteiger partial charge in [-0.2, -0.15) is 8.42 Å². The molecule has 28 heavy (non-hydrogen) atoms. The Kier molecular flexibility index (Phi) is 5.15. The maximum absolute atomic E-state index is 12.5. The molecule has 0 radical (unpaired) electrons. The summed E-state index contributed by atoms with van der Waals surface area (Å²) in [5.41, 5.74) is 1.63. The number of nitrogens with one attached hydrogen (secondary N) is 1. The van der Waals surface area contributed by atoms with Gasteiger partial charge in [0.2, 0.25) is 10.9 Å². The van der Waals surface area contributed by atoms with Crippen molar-refractivity contribution in [3.63, 3.8) is 0 Å². The molecule has 1 aromatic carbocycles. The molecule has 0 spiro atoms. The lowest BCUT2D eigenvalue weighted by molar-refractivity contribution is -0.120. The highest BCUT2D eigenvalue weighted by atomic mass is 32.2. The fraction of sp³-hybridized carbons (Fsp3) is 0.353. The number of imidazole rings is 1. The van der Waals surface area contributed by atoms with Gasteiger partial charge in [-0.15, -0.1) is 5.10 Å². The zero-order valence-electron chi connectivity index (χ0n) is 15.3. The molecule has 4 rings (SSSR count). The number of hydrogen-bond donors (Lipinski definition) is 1. The molecule has 2 aromatic heterocycles. The molecule has 0 saturated carbocycles. The monoisotopic (exact) mass is 420 g/mol. The van der Waals surface area contributed by atoms with Gasteiger partial charge in [-0.05, 0) is 7.05 Å². The molecule has 0 unspecified atom stereocenters. The first-order valence-corrected chi connectivity index (χ1v) is 11.1. The summed E-state index contributed by atoms with van der Waals surface area (Å²) in [4.78, 5) is 21.2. The Morgan fingerprint density at radius 2 is 1.89 bits per heavy atom. The highest BCUT2D eigenvalue weighted by Crippen LogP contribution is 2.24. The molecule has 3 aromatic rings. The number of carbonyl (C=O) groups is 1. The van der Waals surface area contributed by atoms with E-state index in [0.717, 1.165) is 43.1 Å². The lowest BCUT2D eigenvalue weighted by Gasteiger charge is -2.31. The van der Waals surface area contributed by atoms with Crippen LogP contribution in [0.25, 0.3) is 16.2 Å². The van der Waals surface area contributed by atoms with Crippen molar-refractivity contribution in [1.29, 1.82) is 0 Å². The van der Waals surface area contributed by atoms with Crippen molar-refractivity contribution < 1.29 is 13.2 Å². The van der Waals surface area contributed by atoms with E-state index in [9.17, 15) is 13.2 Å². The summed E-state index contributed by atoms with van der Waals surface area (Å²) in [5, 5.41) is 4.09. The lowest BCUT2D eigenvalue weighted by Crippen LogP contribution is -2.48. The van der Waals surface area contributed by atoms with Gasteiger partial charge in [0.15, 0.2) is 0 Å². The third kappa shape index (κ3) is 4.07. The number of nitrogens with zero attached hydrogens (tertiary/aromatic N) is 5. The number of benzene rings is 1. The van der Waals surface area contributed by atoms with Gasteiger partial charge < -0.3 is 4.90 Å². The van der Waals surface area contributed by atoms with Crippen molar-refractivity contribution in [2.45, 2.75) is 4.34 Å². The summed E-state index contributed by atoms with van der Waals surface area (Å²) in [6, 6.07) is 9.56. The number of likely N-dealkylation sites (N-methyl/N-ethyl adjacent to an activating group) is 1. The first kappa shape index (κ1) is 19.0. The van der Waals surface area contributed by atoms with Crippen molar-refractivity contribution in [3.05, 3.63) is 36.5 Å². The number of fused-ring (bicyclic) bond motifs is 1. The molecule has 1 aliphatic rings. The molecule has 9 nitrogen and oxygen atoms in total. The number of hydrogen-bond acceptors (Lipinski definition) is 8. The van der Waals surface area contributed by atoms with Crippen LogP contribution >= 0.6 is 11.3 Å². The molecule has 0 bridgehead atoms. The van der Waals surface area contributed by atoms with Crippen molar-refractivity contribution in [2.24, 2.45) is 0 Å². The van der Waals surface area contributed by atoms with Crippen LogP contribution < -0.4 is 4.72 Å². The van der Waals surface area contributed by atoms with Gasteiger partial charge in [0.05, 0.1) is 18.4 Å². The molecule has 1 aliphatic heterocycles. The largest absolute Gasteiger partial charge is 0.304 e. The molecule has 1 amide bonds. The number of aromatic nitrogens is 3. The second-order valence-electron chi connectivity index (χ2n) is 6.70. The van der Waals surface area contributed by atoms with Gasteiger partial charge in [-0.1, -0.05) is 41.7 Å². The third-order valence-corrected chi connectivity index (χ3v) is 7.20. The zero-order valence-corrected chi connectivity index (χ0v) is 16.9. The Labute approximate surface area is 166 Å². The fourth-order valence-corrected chi connectivity index (χ4v) is 5.02. The van der Waals surface area contributed by atoms with Crippen LogP contribution in [-0.2, 0) is 14.8 Å². The standard InChI is InChI=1S/C17H20N6O3S2/c1-21-7-9-22(10-8-21)12-15(24)20-28(25,26)17-19-23-11-14(18-16(23)27-17)13-5-3-2-4-6-13/h2-6,11H,7-10,12H2,1H3,(H,20,24). The van der Waals surface area contributed by atoms with Crippen LogP contribution in [0.1, 0.15) is 0 Å². The molecule has 0 atom stereocenters. The quantitative estimate of drug-likeness (QED) is 0.642. The summed E-state index contributed by atoms with van der Waals surface area (Å²) in [6.07, 6.45) is 1.67. The van der Waals surface area contributed by atoms with Gasteiger partial charge in [0, 0.05) is 31.7 Å². The molecule has 1 N–H and O–H groups in total. The van der Waals surface area contributed by atoms with E-state index in [-0.39, 0.29) is 10.9 Å². The van der Waals surface area contributed by atoms with Crippen LogP contribution in [0.2, 0.25) is 0 Å². The highest BCUT2D eigenvalue weighted by molar-refractivity contribution is 7.92. The average Bonchev–Trinajstić information content (AvgIpc) is 3.24. The van der Waals surface area contributed by atoms with Crippen molar-refractivity contribution in [1.82, 2.24) is 29.1 Å². The molecule has 1 saturated heterocycles. The average molecular weight is 421 g/mol. The maximum Gasteiger partial charge on any atom is 0.293 e. The van der Waals surface area contributed by atoms with Gasteiger partial charge >= 0.3 is 0 Å². The second kappa shape index (κ2) is 7.59. The minimum absolute atomic E-state index is 0.0493. The lowest BCUT2D eigenvalue weighted by atomic mass is 10.2. The van der Waals surface area contributed by atoms with E-state index in [4.69, 9.17) is 0 Å². The van der Waals surface area contributed by atoms with Crippen molar-refractivity contribution in [3.8, 4) is 11.3 Å². The molecule has 1 fully saturated rings. The number of piperazine rings is 1. The number of rotatable bonds is 5. The van der Waals surface area contributed by atoms with Gasteiger partial charge in [0.25, 0.3) is 14.4 Å². The summed E-state index contributed by atoms with van der Waals surface area (Å²) >= 11 is 0.926. The van der Waals surface area contributed by atoms with E-state index in [1.807, 2.05) is 42.3 Å². The van der Waals surface area contributed by atoms with Crippen LogP contribution in [0.15, 0.2) is 40.9 Å². The van der Waals surface area contributed by atoms with Crippen LogP contribution in [0.4, 0.5) is 0 Å². The topological polar surface area (TPSA) is 99.9 Å². The third-order valence-electron chi connectivity index (χ3n) is 4.54. The maximum atomic E-state index is 12.5. The zero-order chi connectivity index (χ0) is 19.7. The van der Waals surface area contributed by atoms with Gasteiger partial charge in [-0.3, -0.25) is 9.69 Å². The Bertz CT molecular complexity index is 1050. The first-order chi connectivity index (χ1) is 13.4. The highest BCUT2D eigenvalue weighted by Gasteiger charge is 2.25. The molecule has 0 aliphatic carbocycles. The molecular weight excluding hydrogens is 400 g/mol. The SMILES string of the molecule is CN1CCN(CC(=O)NS(=O)(=O)c2nn3cc(-c4ccccc4)nc3s2)CC1. The van der Waals surface area contributed by atoms with E-state index in [1.165, 1.54) is 4.52 Å². The summed E-state index contributed by atoms with van der Waals surface area (Å²) in [7, 11) is -2.00. The summed E-state index contributed by atoms with van der Waals surface area (Å²) < 4.78 is 28.4. The molecule has 3 heterocycles. The van der Waals surface area contributed by atoms with E-state index in [2.05, 4.69) is 19.7 Å². The van der Waals surface area contributed by atoms with E-state index >= 15 is 0 Å². The Morgan fingerprint density at radius 1 is 1.18 bits per heavy atom. The minimum Gasteiger partial charge on any atom is -0.304 e. The van der Waals surface area contributed by atoms with Crippen LogP contribution in [0.3, 0.4) is 0 Å². The van der Waals surface area contributed by atoms with E-state index in [0.29, 0.717) is 10.7 Å². The molecule has 11 heteroatoms. The number of sulfonamides is 1. The van der Waals surface area contributed by atoms with Crippen LogP contribution in [0.5, 0.6) is 0 Å². The Balaban J connectivity index is 1.46. The minimum atomic E-state index is -4.02. The predicted octanol–water partition coefficient (Wildman–Crippen LogP) is 0.510. The second-order valence-corrected chi connectivity index (χ2v) is 9.51. The number of carbonyl (C=O) groups excluding carboxylic acids is 1. The fourth-order valence-electron chi connectivity index (χ4n) is 2.97. The van der Waals surface area contributed by atoms with E-state index in [1.54, 1.807) is 6.20 Å². The van der Waals surface area contributed by atoms with Gasteiger partial charge in [-0.25, -0.2) is 14.2 Å². The summed E-state index contributed by atoms with van der Waals surface area (Å²) in [5.74, 6) is -0.553. The Morgan fingerprint density at radius 3 is 2.57 bits per heavy atom. The van der Waals surface area contributed by atoms with Crippen molar-refractivity contribution in [2.75, 3.05) is 39.8 Å². The molecular formula is C17H20N6O3S2. The van der Waals surface area contributed by atoms with Gasteiger partial charge in [0.1, 0.15) is 0 Å². The van der Waals surface area contributed by atoms with Crippen LogP contribution in [-0.4, -0.2) is 78.5 Å². The smallest absolute Gasteiger partial charge is 0.293 e. The first-order valence-electron chi connectivity index (χ1n) is 8.79. The summed E-state index contributed by atoms with van der Waals surface area (Å²) in [6.45, 7) is 3.23. The normalized spacial score (nSPS) is 16.5. The number of amides is 1. The van der Waals surface area contributed by atoms with Crippen LogP contribution in [0, 0.1) is 0 Å². The Hall–Kier alpha value is -2.34. The van der Waals surface area contributed by atoms with E-state index < -0.39 is 15.9 Å². The van der Waals surface area contributed by atoms with Crippen molar-refractivity contribution >= 4 is 32.2 Å². The molecule has 148 valence electrons. The predicted molar refractivity (Wildman–Crippen MR) is 106 cm³/mol.